The van der Waals surface area contributed by atoms with Crippen LogP contribution in [0.5, 0.6) is 0 Å². The van der Waals surface area contributed by atoms with Gasteiger partial charge >= 0.3 is 0 Å². The highest BCUT2D eigenvalue weighted by atomic mass is 127. The lowest BCUT2D eigenvalue weighted by Gasteiger charge is -2.02. The molecule has 0 aliphatic carbocycles. The van der Waals surface area contributed by atoms with Gasteiger partial charge in [-0.1, -0.05) is 16.8 Å². The van der Waals surface area contributed by atoms with Gasteiger partial charge in [-0.05, 0) is 22.6 Å². The van der Waals surface area contributed by atoms with Gasteiger partial charge in [0.05, 0.1) is 19.1 Å². The number of hydrogen-bond acceptors (Lipinski definition) is 4. The Labute approximate surface area is 103 Å². The van der Waals surface area contributed by atoms with Crippen molar-refractivity contribution < 1.29 is 4.52 Å². The molecule has 0 aliphatic rings. The largest absolute Gasteiger partial charge is 0.359 e. The minimum atomic E-state index is -0.188. The molecule has 0 bridgehead atoms. The molecule has 0 saturated carbocycles. The highest BCUT2D eigenvalue weighted by Gasteiger charge is 2.08. The number of aromatic nitrogens is 3. The fourth-order valence-corrected chi connectivity index (χ4v) is 1.62. The zero-order chi connectivity index (χ0) is 10.8. The van der Waals surface area contributed by atoms with E-state index in [1.54, 1.807) is 6.07 Å². The van der Waals surface area contributed by atoms with E-state index >= 15 is 0 Å². The molecule has 0 atom stereocenters. The second-order valence-corrected chi connectivity index (χ2v) is 4.20. The van der Waals surface area contributed by atoms with Crippen molar-refractivity contribution in [2.75, 3.05) is 0 Å². The quantitative estimate of drug-likeness (QED) is 0.616. The average molecular weight is 338 g/mol. The molecule has 2 rings (SSSR count). The second kappa shape index (κ2) is 4.31. The Hall–Kier alpha value is -0.890. The van der Waals surface area contributed by atoms with Crippen molar-refractivity contribution in [2.24, 2.45) is 0 Å². The van der Waals surface area contributed by atoms with Gasteiger partial charge in [0.2, 0.25) is 0 Å². The van der Waals surface area contributed by atoms with Crippen molar-refractivity contribution >= 4 is 34.2 Å². The Morgan fingerprint density at radius 3 is 3.07 bits per heavy atom. The SMILES string of the molecule is O=c1c(I)c(Cl)ncn1Cc1ccno1. The van der Waals surface area contributed by atoms with Crippen LogP contribution in [0.2, 0.25) is 5.15 Å². The summed E-state index contributed by atoms with van der Waals surface area (Å²) in [5.41, 5.74) is -0.188. The smallest absolute Gasteiger partial charge is 0.268 e. The molecule has 0 aromatic carbocycles. The summed E-state index contributed by atoms with van der Waals surface area (Å²) in [6, 6.07) is 1.69. The van der Waals surface area contributed by atoms with Crippen LogP contribution in [0.1, 0.15) is 5.76 Å². The Morgan fingerprint density at radius 2 is 2.40 bits per heavy atom. The predicted molar refractivity (Wildman–Crippen MR) is 61.8 cm³/mol. The molecule has 0 aliphatic heterocycles. The fourth-order valence-electron chi connectivity index (χ4n) is 1.05. The van der Waals surface area contributed by atoms with Crippen LogP contribution in [0.15, 0.2) is 27.9 Å². The standard InChI is InChI=1S/C8H5ClIN3O2/c9-7-6(10)8(14)13(4-11-7)3-5-1-2-12-15-5/h1-2,4H,3H2. The van der Waals surface area contributed by atoms with E-state index in [2.05, 4.69) is 10.1 Å². The van der Waals surface area contributed by atoms with Crippen LogP contribution in [-0.2, 0) is 6.54 Å². The molecular formula is C8H5ClIN3O2. The fraction of sp³-hybridized carbons (Fsp3) is 0.125. The first-order valence-electron chi connectivity index (χ1n) is 3.98. The summed E-state index contributed by atoms with van der Waals surface area (Å²) >= 11 is 7.56. The average Bonchev–Trinajstić information content (AvgIpc) is 2.72. The third kappa shape index (κ3) is 2.20. The number of halogens is 2. The summed E-state index contributed by atoms with van der Waals surface area (Å²) in [5.74, 6) is 0.594. The van der Waals surface area contributed by atoms with Gasteiger partial charge in [0.15, 0.2) is 5.76 Å². The van der Waals surface area contributed by atoms with E-state index in [-0.39, 0.29) is 10.7 Å². The maximum atomic E-state index is 11.7. The van der Waals surface area contributed by atoms with Gasteiger partial charge in [-0.25, -0.2) is 4.98 Å². The van der Waals surface area contributed by atoms with Crippen LogP contribution in [-0.4, -0.2) is 14.7 Å². The zero-order valence-corrected chi connectivity index (χ0v) is 10.3. The lowest BCUT2D eigenvalue weighted by atomic mass is 10.4. The monoisotopic (exact) mass is 337 g/mol. The molecule has 0 fully saturated rings. The van der Waals surface area contributed by atoms with Crippen molar-refractivity contribution in [3.05, 3.63) is 43.4 Å². The van der Waals surface area contributed by atoms with Crippen molar-refractivity contribution in [3.63, 3.8) is 0 Å². The van der Waals surface area contributed by atoms with E-state index in [9.17, 15) is 4.79 Å². The summed E-state index contributed by atoms with van der Waals surface area (Å²) in [7, 11) is 0. The minimum Gasteiger partial charge on any atom is -0.359 e. The van der Waals surface area contributed by atoms with E-state index in [0.717, 1.165) is 0 Å². The summed E-state index contributed by atoms with van der Waals surface area (Å²) in [6.07, 6.45) is 2.91. The predicted octanol–water partition coefficient (Wildman–Crippen LogP) is 1.54. The van der Waals surface area contributed by atoms with Crippen LogP contribution in [0, 0.1) is 3.57 Å². The summed E-state index contributed by atoms with van der Waals surface area (Å²) < 4.78 is 6.70. The number of nitrogens with zero attached hydrogens (tertiary/aromatic N) is 3. The Kier molecular flexibility index (Phi) is 3.06. The van der Waals surface area contributed by atoms with Crippen LogP contribution in [0.3, 0.4) is 0 Å². The summed E-state index contributed by atoms with van der Waals surface area (Å²) in [5, 5.41) is 3.77. The number of rotatable bonds is 2. The van der Waals surface area contributed by atoms with E-state index in [4.69, 9.17) is 16.1 Å². The molecule has 78 valence electrons. The van der Waals surface area contributed by atoms with Crippen LogP contribution >= 0.6 is 34.2 Å². The molecule has 0 radical (unpaired) electrons. The van der Waals surface area contributed by atoms with Crippen LogP contribution in [0.25, 0.3) is 0 Å². The van der Waals surface area contributed by atoms with Gasteiger partial charge in [0.1, 0.15) is 8.72 Å². The van der Waals surface area contributed by atoms with E-state index in [1.165, 1.54) is 17.1 Å². The van der Waals surface area contributed by atoms with E-state index in [1.807, 2.05) is 22.6 Å². The first-order chi connectivity index (χ1) is 7.18. The molecule has 0 amide bonds. The molecule has 7 heteroatoms. The van der Waals surface area contributed by atoms with Gasteiger partial charge in [0, 0.05) is 6.07 Å². The minimum absolute atomic E-state index is 0.188. The van der Waals surface area contributed by atoms with Gasteiger partial charge in [0.25, 0.3) is 5.56 Å². The molecule has 0 unspecified atom stereocenters. The van der Waals surface area contributed by atoms with Crippen LogP contribution < -0.4 is 5.56 Å². The molecule has 15 heavy (non-hydrogen) atoms. The lowest BCUT2D eigenvalue weighted by Crippen LogP contribution is -2.23. The molecule has 2 heterocycles. The first-order valence-corrected chi connectivity index (χ1v) is 5.44. The van der Waals surface area contributed by atoms with Crippen molar-refractivity contribution in [1.29, 1.82) is 0 Å². The van der Waals surface area contributed by atoms with E-state index < -0.39 is 0 Å². The molecule has 0 N–H and O–H groups in total. The van der Waals surface area contributed by atoms with Crippen molar-refractivity contribution in [3.8, 4) is 0 Å². The third-order valence-electron chi connectivity index (χ3n) is 1.76. The Bertz CT molecular complexity index is 523. The normalized spacial score (nSPS) is 10.5. The Morgan fingerprint density at radius 1 is 1.60 bits per heavy atom. The Balaban J connectivity index is 2.38. The number of hydrogen-bond donors (Lipinski definition) is 0. The zero-order valence-electron chi connectivity index (χ0n) is 7.35. The maximum Gasteiger partial charge on any atom is 0.268 e. The molecule has 0 saturated heterocycles. The van der Waals surface area contributed by atoms with Gasteiger partial charge < -0.3 is 4.52 Å². The first kappa shape index (κ1) is 10.6. The van der Waals surface area contributed by atoms with Crippen LogP contribution in [0.4, 0.5) is 0 Å². The summed E-state index contributed by atoms with van der Waals surface area (Å²) in [6.45, 7) is 0.305. The molecule has 2 aromatic rings. The second-order valence-electron chi connectivity index (χ2n) is 2.76. The van der Waals surface area contributed by atoms with Gasteiger partial charge in [-0.3, -0.25) is 9.36 Å². The maximum absolute atomic E-state index is 11.7. The molecular weight excluding hydrogens is 332 g/mol. The topological polar surface area (TPSA) is 60.9 Å². The van der Waals surface area contributed by atoms with E-state index in [0.29, 0.717) is 15.9 Å². The van der Waals surface area contributed by atoms with Crippen molar-refractivity contribution in [2.45, 2.75) is 6.54 Å². The third-order valence-corrected chi connectivity index (χ3v) is 3.34. The highest BCUT2D eigenvalue weighted by Crippen LogP contribution is 2.10. The van der Waals surface area contributed by atoms with Crippen molar-refractivity contribution in [1.82, 2.24) is 14.7 Å². The molecule has 0 spiro atoms. The molecule has 5 nitrogen and oxygen atoms in total. The van der Waals surface area contributed by atoms with Gasteiger partial charge in [-0.2, -0.15) is 0 Å². The van der Waals surface area contributed by atoms with Gasteiger partial charge in [-0.15, -0.1) is 0 Å². The molecule has 2 aromatic heterocycles. The lowest BCUT2D eigenvalue weighted by molar-refractivity contribution is 0.374. The summed E-state index contributed by atoms with van der Waals surface area (Å²) in [4.78, 5) is 15.6. The highest BCUT2D eigenvalue weighted by molar-refractivity contribution is 14.1.